The zero-order valence-electron chi connectivity index (χ0n) is 20.6. The number of rotatable bonds is 6. The Morgan fingerprint density at radius 2 is 1.45 bits per heavy atom. The number of ether oxygens (including phenoxy) is 2. The lowest BCUT2D eigenvalue weighted by Gasteiger charge is -2.39. The fraction of sp³-hybridized carbons (Fsp3) is 0.143. The SMILES string of the molecule is COC(=O)C1=C(C(=O)OC)N(S(=O)(=O)c2ccc(C)cc2)C(c2ccccc2Cl)C(I)=C1c1ccccc1. The van der Waals surface area contributed by atoms with Crippen molar-refractivity contribution in [3.8, 4) is 0 Å². The van der Waals surface area contributed by atoms with Crippen molar-refractivity contribution in [3.05, 3.63) is 115 Å². The summed E-state index contributed by atoms with van der Waals surface area (Å²) in [5.74, 6) is -1.91. The van der Waals surface area contributed by atoms with E-state index in [-0.39, 0.29) is 15.5 Å². The van der Waals surface area contributed by atoms with Crippen molar-refractivity contribution < 1.29 is 27.5 Å². The van der Waals surface area contributed by atoms with E-state index in [0.717, 1.165) is 17.0 Å². The number of benzene rings is 3. The van der Waals surface area contributed by atoms with Crippen LogP contribution in [0.4, 0.5) is 0 Å². The van der Waals surface area contributed by atoms with Crippen molar-refractivity contribution in [2.45, 2.75) is 17.9 Å². The maximum Gasteiger partial charge on any atom is 0.356 e. The van der Waals surface area contributed by atoms with E-state index < -0.39 is 33.7 Å². The van der Waals surface area contributed by atoms with Crippen molar-refractivity contribution in [2.75, 3.05) is 14.2 Å². The molecule has 0 aromatic heterocycles. The summed E-state index contributed by atoms with van der Waals surface area (Å²) >= 11 is 8.63. The molecule has 4 rings (SSSR count). The summed E-state index contributed by atoms with van der Waals surface area (Å²) in [6.07, 6.45) is 0. The second-order valence-electron chi connectivity index (χ2n) is 8.33. The molecule has 0 N–H and O–H groups in total. The molecule has 1 atom stereocenters. The lowest BCUT2D eigenvalue weighted by atomic mass is 9.89. The molecule has 7 nitrogen and oxygen atoms in total. The first-order valence-corrected chi connectivity index (χ1v) is 14.2. The summed E-state index contributed by atoms with van der Waals surface area (Å²) in [4.78, 5) is 26.7. The summed E-state index contributed by atoms with van der Waals surface area (Å²) < 4.78 is 40.2. The van der Waals surface area contributed by atoms with Crippen molar-refractivity contribution in [1.29, 1.82) is 0 Å². The van der Waals surface area contributed by atoms with Crippen LogP contribution in [0, 0.1) is 6.92 Å². The Labute approximate surface area is 239 Å². The molecule has 0 spiro atoms. The van der Waals surface area contributed by atoms with Crippen molar-refractivity contribution in [1.82, 2.24) is 4.31 Å². The molecule has 0 radical (unpaired) electrons. The standard InChI is InChI=1S/C28H23ClINO6S/c1-17-13-15-19(16-14-17)38(34,35)31-25(20-11-7-8-12-21(20)29)24(30)22(18-9-5-4-6-10-18)23(27(32)36-2)26(31)28(33)37-3/h4-16,25H,1-3H3. The van der Waals surface area contributed by atoms with Gasteiger partial charge in [-0.1, -0.05) is 77.8 Å². The highest BCUT2D eigenvalue weighted by molar-refractivity contribution is 14.1. The molecule has 38 heavy (non-hydrogen) atoms. The second kappa shape index (κ2) is 11.3. The maximum absolute atomic E-state index is 14.3. The fourth-order valence-corrected chi connectivity index (χ4v) is 7.47. The normalized spacial score (nSPS) is 15.9. The van der Waals surface area contributed by atoms with Crippen molar-refractivity contribution in [3.63, 3.8) is 0 Å². The van der Waals surface area contributed by atoms with Crippen LogP contribution in [0.1, 0.15) is 22.7 Å². The molecule has 1 aliphatic rings. The molecule has 1 unspecified atom stereocenters. The van der Waals surface area contributed by atoms with Crippen LogP contribution in [0.2, 0.25) is 5.02 Å². The molecule has 0 amide bonds. The summed E-state index contributed by atoms with van der Waals surface area (Å²) in [5.41, 5.74) is 1.51. The smallest absolute Gasteiger partial charge is 0.356 e. The van der Waals surface area contributed by atoms with Crippen LogP contribution in [-0.2, 0) is 29.1 Å². The van der Waals surface area contributed by atoms with E-state index >= 15 is 0 Å². The summed E-state index contributed by atoms with van der Waals surface area (Å²) in [7, 11) is -2.15. The molecule has 1 aliphatic heterocycles. The molecule has 3 aromatic rings. The van der Waals surface area contributed by atoms with E-state index in [4.69, 9.17) is 21.1 Å². The second-order valence-corrected chi connectivity index (χ2v) is 11.7. The first-order chi connectivity index (χ1) is 18.1. The molecular weight excluding hydrogens is 641 g/mol. The summed E-state index contributed by atoms with van der Waals surface area (Å²) in [6, 6.07) is 20.8. The number of nitrogens with zero attached hydrogens (tertiary/aromatic N) is 1. The number of carbonyl (C=O) groups excluding carboxylic acids is 2. The third-order valence-corrected chi connectivity index (χ3v) is 9.28. The van der Waals surface area contributed by atoms with Gasteiger partial charge in [-0.15, -0.1) is 0 Å². The van der Waals surface area contributed by atoms with Gasteiger partial charge in [-0.25, -0.2) is 22.3 Å². The van der Waals surface area contributed by atoms with Gasteiger partial charge in [0.25, 0.3) is 10.0 Å². The van der Waals surface area contributed by atoms with Crippen molar-refractivity contribution in [2.24, 2.45) is 0 Å². The topological polar surface area (TPSA) is 90.0 Å². The Balaban J connectivity index is 2.18. The largest absolute Gasteiger partial charge is 0.465 e. The lowest BCUT2D eigenvalue weighted by molar-refractivity contribution is -0.140. The first-order valence-electron chi connectivity index (χ1n) is 11.3. The average Bonchev–Trinajstić information content (AvgIpc) is 2.92. The molecule has 0 saturated heterocycles. The van der Waals surface area contributed by atoms with Crippen LogP contribution in [0.15, 0.2) is 98.6 Å². The van der Waals surface area contributed by atoms with Gasteiger partial charge in [0.2, 0.25) is 0 Å². The van der Waals surface area contributed by atoms with E-state index in [9.17, 15) is 18.0 Å². The molecule has 1 heterocycles. The maximum atomic E-state index is 14.3. The highest BCUT2D eigenvalue weighted by Crippen LogP contribution is 2.51. The number of esters is 2. The molecule has 3 aromatic carbocycles. The van der Waals surface area contributed by atoms with Gasteiger partial charge in [-0.2, -0.15) is 0 Å². The van der Waals surface area contributed by atoms with E-state index in [1.54, 1.807) is 60.7 Å². The van der Waals surface area contributed by atoms with Gasteiger partial charge in [-0.3, -0.25) is 0 Å². The van der Waals surface area contributed by atoms with E-state index in [1.807, 2.05) is 35.6 Å². The third kappa shape index (κ3) is 4.97. The molecule has 0 bridgehead atoms. The van der Waals surface area contributed by atoms with Crippen LogP contribution in [0.5, 0.6) is 0 Å². The fourth-order valence-electron chi connectivity index (χ4n) is 4.24. The van der Waals surface area contributed by atoms with Crippen LogP contribution >= 0.6 is 34.2 Å². The van der Waals surface area contributed by atoms with Gasteiger partial charge in [0.15, 0.2) is 5.70 Å². The Hall–Kier alpha value is -3.15. The van der Waals surface area contributed by atoms with Gasteiger partial charge in [0, 0.05) is 14.2 Å². The lowest BCUT2D eigenvalue weighted by Crippen LogP contribution is -2.42. The van der Waals surface area contributed by atoms with Gasteiger partial charge >= 0.3 is 11.9 Å². The van der Waals surface area contributed by atoms with Crippen LogP contribution < -0.4 is 0 Å². The Morgan fingerprint density at radius 3 is 2.03 bits per heavy atom. The molecule has 0 aliphatic carbocycles. The first kappa shape index (κ1) is 27.9. The van der Waals surface area contributed by atoms with E-state index in [2.05, 4.69) is 0 Å². The number of carbonyl (C=O) groups is 2. The van der Waals surface area contributed by atoms with Crippen LogP contribution in [0.25, 0.3) is 5.57 Å². The monoisotopic (exact) mass is 663 g/mol. The minimum Gasteiger partial charge on any atom is -0.465 e. The number of methoxy groups -OCH3 is 2. The van der Waals surface area contributed by atoms with E-state index in [1.165, 1.54) is 19.2 Å². The predicted molar refractivity (Wildman–Crippen MR) is 153 cm³/mol. The molecular formula is C28H23ClINO6S. The Kier molecular flexibility index (Phi) is 8.29. The van der Waals surface area contributed by atoms with Crippen LogP contribution in [-0.4, -0.2) is 38.9 Å². The Morgan fingerprint density at radius 1 is 0.868 bits per heavy atom. The number of sulfonamides is 1. The quantitative estimate of drug-likeness (QED) is 0.243. The van der Waals surface area contributed by atoms with Crippen molar-refractivity contribution >= 4 is 61.7 Å². The summed E-state index contributed by atoms with van der Waals surface area (Å²) in [5, 5.41) is 0.286. The highest BCUT2D eigenvalue weighted by Gasteiger charge is 2.47. The van der Waals surface area contributed by atoms with E-state index in [0.29, 0.717) is 20.3 Å². The van der Waals surface area contributed by atoms with Gasteiger partial charge in [-0.05, 0) is 58.8 Å². The number of aryl methyl sites for hydroxylation is 1. The van der Waals surface area contributed by atoms with Gasteiger partial charge < -0.3 is 9.47 Å². The Bertz CT molecular complexity index is 1570. The third-order valence-electron chi connectivity index (χ3n) is 6.03. The molecule has 10 heteroatoms. The zero-order valence-corrected chi connectivity index (χ0v) is 24.4. The number of halogens is 2. The molecule has 0 saturated carbocycles. The van der Waals surface area contributed by atoms with Gasteiger partial charge in [0.05, 0.1) is 19.1 Å². The van der Waals surface area contributed by atoms with Gasteiger partial charge in [0.1, 0.15) is 11.6 Å². The molecule has 196 valence electrons. The summed E-state index contributed by atoms with van der Waals surface area (Å²) in [6.45, 7) is 1.83. The molecule has 0 fully saturated rings. The van der Waals surface area contributed by atoms with Crippen LogP contribution in [0.3, 0.4) is 0 Å². The zero-order chi connectivity index (χ0) is 27.6. The predicted octanol–water partition coefficient (Wildman–Crippen LogP) is 5.84. The highest BCUT2D eigenvalue weighted by atomic mass is 127. The average molecular weight is 664 g/mol. The number of hydrogen-bond donors (Lipinski definition) is 0. The minimum atomic E-state index is -4.44. The number of hydrogen-bond acceptors (Lipinski definition) is 6. The minimum absolute atomic E-state index is 0.0712.